The van der Waals surface area contributed by atoms with Crippen molar-refractivity contribution in [2.75, 3.05) is 20.8 Å². The Morgan fingerprint density at radius 2 is 1.76 bits per heavy atom. The number of para-hydroxylation sites is 1. The topological polar surface area (TPSA) is 83.1 Å². The predicted molar refractivity (Wildman–Crippen MR) is 141 cm³/mol. The SMILES string of the molecule is CCOc1ccccc1C1C(C(=O)OC(C)C)=C(C)NC2=CC(c3ccc(OC)c(OC)c3)CC(=O)C21. The van der Waals surface area contributed by atoms with Gasteiger partial charge in [-0.2, -0.15) is 0 Å². The maximum atomic E-state index is 13.9. The first-order valence-corrected chi connectivity index (χ1v) is 12.7. The lowest BCUT2D eigenvalue weighted by Gasteiger charge is -2.40. The van der Waals surface area contributed by atoms with Crippen LogP contribution in [0.2, 0.25) is 0 Å². The molecule has 2 aromatic rings. The number of ketones is 1. The van der Waals surface area contributed by atoms with Gasteiger partial charge in [0.15, 0.2) is 11.5 Å². The second-order valence-corrected chi connectivity index (χ2v) is 9.56. The average molecular weight is 506 g/mol. The van der Waals surface area contributed by atoms with E-state index in [1.807, 2.05) is 70.2 Å². The molecule has 1 heterocycles. The summed E-state index contributed by atoms with van der Waals surface area (Å²) < 4.78 is 22.4. The van der Waals surface area contributed by atoms with E-state index in [-0.39, 0.29) is 17.8 Å². The Labute approximate surface area is 218 Å². The van der Waals surface area contributed by atoms with Gasteiger partial charge in [0, 0.05) is 35.2 Å². The van der Waals surface area contributed by atoms with Crippen LogP contribution in [0.1, 0.15) is 57.1 Å². The second-order valence-electron chi connectivity index (χ2n) is 9.56. The van der Waals surface area contributed by atoms with Gasteiger partial charge < -0.3 is 24.3 Å². The number of esters is 1. The standard InChI is InChI=1S/C30H35NO6/c1-7-36-24-11-9-8-10-21(24)28-27(30(33)37-17(2)3)18(4)31-22-14-20(15-23(32)29(22)28)19-12-13-25(34-5)26(16-19)35-6/h8-14,16-17,20,28-29,31H,7,15H2,1-6H3. The second kappa shape index (κ2) is 11.1. The zero-order valence-electron chi connectivity index (χ0n) is 22.3. The van der Waals surface area contributed by atoms with Crippen LogP contribution in [0.3, 0.4) is 0 Å². The van der Waals surface area contributed by atoms with Crippen LogP contribution < -0.4 is 19.5 Å². The van der Waals surface area contributed by atoms with Gasteiger partial charge in [-0.15, -0.1) is 0 Å². The zero-order valence-corrected chi connectivity index (χ0v) is 22.3. The van der Waals surface area contributed by atoms with Crippen LogP contribution in [-0.2, 0) is 14.3 Å². The molecule has 0 amide bonds. The molecule has 0 aromatic heterocycles. The first kappa shape index (κ1) is 26.3. The van der Waals surface area contributed by atoms with Crippen LogP contribution in [0.4, 0.5) is 0 Å². The molecule has 37 heavy (non-hydrogen) atoms. The van der Waals surface area contributed by atoms with E-state index in [1.165, 1.54) is 0 Å². The van der Waals surface area contributed by atoms with Crippen molar-refractivity contribution < 1.29 is 28.5 Å². The number of ether oxygens (including phenoxy) is 4. The molecule has 3 atom stereocenters. The summed E-state index contributed by atoms with van der Waals surface area (Å²) in [6.45, 7) is 7.88. The zero-order chi connectivity index (χ0) is 26.7. The highest BCUT2D eigenvalue weighted by atomic mass is 16.5. The number of carbonyl (C=O) groups is 2. The molecule has 0 spiro atoms. The van der Waals surface area contributed by atoms with Crippen molar-refractivity contribution in [2.45, 2.75) is 52.1 Å². The van der Waals surface area contributed by atoms with Gasteiger partial charge in [0.25, 0.3) is 0 Å². The highest BCUT2D eigenvalue weighted by Gasteiger charge is 2.46. The van der Waals surface area contributed by atoms with E-state index in [2.05, 4.69) is 11.4 Å². The molecular weight excluding hydrogens is 470 g/mol. The summed E-state index contributed by atoms with van der Waals surface area (Å²) in [6, 6.07) is 13.3. The molecule has 196 valence electrons. The molecule has 0 saturated carbocycles. The Balaban J connectivity index is 1.84. The van der Waals surface area contributed by atoms with E-state index in [1.54, 1.807) is 14.2 Å². The number of methoxy groups -OCH3 is 2. The normalized spacial score (nSPS) is 21.1. The number of hydrogen-bond acceptors (Lipinski definition) is 7. The molecular formula is C30H35NO6. The van der Waals surface area contributed by atoms with Crippen LogP contribution in [0.15, 0.2) is 65.5 Å². The van der Waals surface area contributed by atoms with Gasteiger partial charge in [0.1, 0.15) is 11.5 Å². The largest absolute Gasteiger partial charge is 0.494 e. The Hall–Kier alpha value is -3.74. The number of Topliss-reactive ketones (excluding diaryl/α,β-unsaturated/α-hetero) is 1. The van der Waals surface area contributed by atoms with E-state index in [9.17, 15) is 9.59 Å². The number of hydrogen-bond donors (Lipinski definition) is 1. The number of nitrogens with one attached hydrogen (secondary N) is 1. The quantitative estimate of drug-likeness (QED) is 0.489. The van der Waals surface area contributed by atoms with Gasteiger partial charge in [-0.05, 0) is 51.5 Å². The van der Waals surface area contributed by atoms with Crippen LogP contribution in [0.25, 0.3) is 0 Å². The Kier molecular flexibility index (Phi) is 7.91. The molecule has 2 aliphatic rings. The molecule has 0 radical (unpaired) electrons. The first-order valence-electron chi connectivity index (χ1n) is 12.7. The smallest absolute Gasteiger partial charge is 0.336 e. The van der Waals surface area contributed by atoms with Gasteiger partial charge in [-0.1, -0.05) is 30.3 Å². The summed E-state index contributed by atoms with van der Waals surface area (Å²) in [5.41, 5.74) is 3.67. The molecule has 7 nitrogen and oxygen atoms in total. The molecule has 7 heteroatoms. The molecule has 0 bridgehead atoms. The van der Waals surface area contributed by atoms with Gasteiger partial charge in [0.2, 0.25) is 0 Å². The number of allylic oxidation sites excluding steroid dienone is 3. The molecule has 1 aliphatic carbocycles. The average Bonchev–Trinajstić information content (AvgIpc) is 2.87. The van der Waals surface area contributed by atoms with Crippen molar-refractivity contribution in [3.63, 3.8) is 0 Å². The monoisotopic (exact) mass is 505 g/mol. The molecule has 2 aromatic carbocycles. The summed E-state index contributed by atoms with van der Waals surface area (Å²) >= 11 is 0. The van der Waals surface area contributed by atoms with Gasteiger partial charge in [-0.3, -0.25) is 4.79 Å². The van der Waals surface area contributed by atoms with E-state index >= 15 is 0 Å². The third kappa shape index (κ3) is 5.22. The molecule has 1 aliphatic heterocycles. The van der Waals surface area contributed by atoms with Crippen LogP contribution in [-0.4, -0.2) is 38.7 Å². The highest BCUT2D eigenvalue weighted by molar-refractivity contribution is 5.96. The molecule has 0 fully saturated rings. The molecule has 1 N–H and O–H groups in total. The fraction of sp³-hybridized carbons (Fsp3) is 0.400. The summed E-state index contributed by atoms with van der Waals surface area (Å²) in [5.74, 6) is 0.294. The van der Waals surface area contributed by atoms with Gasteiger partial charge in [-0.25, -0.2) is 4.79 Å². The van der Waals surface area contributed by atoms with E-state index in [4.69, 9.17) is 18.9 Å². The van der Waals surface area contributed by atoms with Crippen LogP contribution in [0, 0.1) is 5.92 Å². The lowest BCUT2D eigenvalue weighted by Crippen LogP contribution is -2.42. The van der Waals surface area contributed by atoms with E-state index in [0.29, 0.717) is 41.5 Å². The summed E-state index contributed by atoms with van der Waals surface area (Å²) in [5, 5.41) is 3.38. The van der Waals surface area contributed by atoms with Crippen molar-refractivity contribution in [2.24, 2.45) is 5.92 Å². The van der Waals surface area contributed by atoms with Crippen molar-refractivity contribution in [1.29, 1.82) is 0 Å². The summed E-state index contributed by atoms with van der Waals surface area (Å²) in [7, 11) is 3.19. The fourth-order valence-corrected chi connectivity index (χ4v) is 5.28. The van der Waals surface area contributed by atoms with E-state index < -0.39 is 17.8 Å². The molecule has 0 saturated heterocycles. The summed E-state index contributed by atoms with van der Waals surface area (Å²) in [4.78, 5) is 27.2. The Bertz CT molecular complexity index is 1240. The van der Waals surface area contributed by atoms with Crippen molar-refractivity contribution in [3.05, 3.63) is 76.6 Å². The fourth-order valence-electron chi connectivity index (χ4n) is 5.28. The van der Waals surface area contributed by atoms with Crippen molar-refractivity contribution in [3.8, 4) is 17.2 Å². The minimum Gasteiger partial charge on any atom is -0.494 e. The highest BCUT2D eigenvalue weighted by Crippen LogP contribution is 2.48. The minimum absolute atomic E-state index is 0.0448. The maximum Gasteiger partial charge on any atom is 0.336 e. The number of rotatable bonds is 8. The minimum atomic E-state index is -0.559. The van der Waals surface area contributed by atoms with E-state index in [0.717, 1.165) is 16.8 Å². The Morgan fingerprint density at radius 3 is 2.43 bits per heavy atom. The third-order valence-corrected chi connectivity index (χ3v) is 6.82. The third-order valence-electron chi connectivity index (χ3n) is 6.82. The lowest BCUT2D eigenvalue weighted by atomic mass is 9.68. The van der Waals surface area contributed by atoms with Crippen LogP contribution in [0.5, 0.6) is 17.2 Å². The summed E-state index contributed by atoms with van der Waals surface area (Å²) in [6.07, 6.45) is 2.10. The predicted octanol–water partition coefficient (Wildman–Crippen LogP) is 5.27. The number of benzene rings is 2. The van der Waals surface area contributed by atoms with Crippen LogP contribution >= 0.6 is 0 Å². The number of fused-ring (bicyclic) bond motifs is 1. The number of carbonyl (C=O) groups excluding carboxylic acids is 2. The van der Waals surface area contributed by atoms with Crippen molar-refractivity contribution >= 4 is 11.8 Å². The Morgan fingerprint density at radius 1 is 1.03 bits per heavy atom. The lowest BCUT2D eigenvalue weighted by molar-refractivity contribution is -0.143. The van der Waals surface area contributed by atoms with Gasteiger partial charge in [0.05, 0.1) is 38.4 Å². The van der Waals surface area contributed by atoms with Gasteiger partial charge >= 0.3 is 5.97 Å². The first-order chi connectivity index (χ1) is 17.8. The molecule has 3 unspecified atom stereocenters. The maximum absolute atomic E-state index is 13.9. The van der Waals surface area contributed by atoms with Crippen molar-refractivity contribution in [1.82, 2.24) is 5.32 Å². The molecule has 4 rings (SSSR count).